The third-order valence-electron chi connectivity index (χ3n) is 9.27. The van der Waals surface area contributed by atoms with Crippen LogP contribution in [-0.4, -0.2) is 0 Å². The average Bonchev–Trinajstić information content (AvgIpc) is 3.22. The van der Waals surface area contributed by atoms with Crippen LogP contribution in [0.5, 0.6) is 0 Å². The first-order valence-corrected chi connectivity index (χ1v) is 14.9. The standard InChI is InChI=1S/C23H32.C7H12.C5H12/c1-5-16(3)21-10-11-22-20-9-7-17-14-15(2)6-8-18(17)19(20)12-13-23(21,22)4;1-3-5-7-6-4-2;1-3-5-4-2/h12,14,18,20-22H,2-3,5-11,13H2,1,4H3;3-4,6H,1,5,7H2,2H3;3-5H2,1-2H3/b;6-4+;. The molecule has 2 fully saturated rings. The Kier molecular flexibility index (Phi) is 12.6. The summed E-state index contributed by atoms with van der Waals surface area (Å²) in [6.07, 6.45) is 28.0. The van der Waals surface area contributed by atoms with Crippen LogP contribution in [0.2, 0.25) is 0 Å². The molecule has 0 aromatic heterocycles. The summed E-state index contributed by atoms with van der Waals surface area (Å²) in [6, 6.07) is 0. The maximum Gasteiger partial charge on any atom is 0.00162 e. The normalized spacial score (nSPS) is 30.9. The minimum absolute atomic E-state index is 0.487. The van der Waals surface area contributed by atoms with E-state index in [1.54, 1.807) is 5.57 Å². The van der Waals surface area contributed by atoms with E-state index in [0.717, 1.165) is 42.9 Å². The minimum Gasteiger partial charge on any atom is -0.103 e. The first-order valence-electron chi connectivity index (χ1n) is 14.9. The molecule has 4 aliphatic carbocycles. The highest BCUT2D eigenvalue weighted by molar-refractivity contribution is 5.38. The van der Waals surface area contributed by atoms with Crippen molar-refractivity contribution >= 4 is 0 Å². The fourth-order valence-electron chi connectivity index (χ4n) is 7.26. The quantitative estimate of drug-likeness (QED) is 0.253. The van der Waals surface area contributed by atoms with Gasteiger partial charge >= 0.3 is 0 Å². The first kappa shape index (κ1) is 29.7. The van der Waals surface area contributed by atoms with Crippen molar-refractivity contribution in [1.82, 2.24) is 0 Å². The van der Waals surface area contributed by atoms with Gasteiger partial charge in [0.15, 0.2) is 0 Å². The van der Waals surface area contributed by atoms with Crippen molar-refractivity contribution in [2.45, 2.75) is 118 Å². The highest BCUT2D eigenvalue weighted by Gasteiger charge is 2.53. The molecular weight excluding hydrogens is 420 g/mol. The predicted molar refractivity (Wildman–Crippen MR) is 159 cm³/mol. The third kappa shape index (κ3) is 7.47. The Morgan fingerprint density at radius 2 is 1.80 bits per heavy atom. The Labute approximate surface area is 219 Å². The van der Waals surface area contributed by atoms with Crippen LogP contribution in [0.3, 0.4) is 0 Å². The van der Waals surface area contributed by atoms with Crippen molar-refractivity contribution in [2.75, 3.05) is 0 Å². The molecule has 2 saturated carbocycles. The molecule has 196 valence electrons. The summed E-state index contributed by atoms with van der Waals surface area (Å²) in [7, 11) is 0. The zero-order chi connectivity index (χ0) is 25.8. The van der Waals surface area contributed by atoms with E-state index >= 15 is 0 Å². The monoisotopic (exact) mass is 476 g/mol. The highest BCUT2D eigenvalue weighted by Crippen LogP contribution is 2.63. The van der Waals surface area contributed by atoms with Gasteiger partial charge in [0.25, 0.3) is 0 Å². The molecular formula is C35H56. The largest absolute Gasteiger partial charge is 0.103 e. The second-order valence-electron chi connectivity index (χ2n) is 11.6. The van der Waals surface area contributed by atoms with Crippen LogP contribution in [0.4, 0.5) is 0 Å². The molecule has 5 atom stereocenters. The van der Waals surface area contributed by atoms with E-state index in [2.05, 4.69) is 71.7 Å². The maximum atomic E-state index is 4.43. The van der Waals surface area contributed by atoms with Crippen LogP contribution in [0.15, 0.2) is 72.4 Å². The molecule has 35 heavy (non-hydrogen) atoms. The van der Waals surface area contributed by atoms with Gasteiger partial charge < -0.3 is 0 Å². The molecule has 0 amide bonds. The molecule has 0 aromatic rings. The zero-order valence-electron chi connectivity index (χ0n) is 24.0. The first-order chi connectivity index (χ1) is 16.9. The summed E-state index contributed by atoms with van der Waals surface area (Å²) in [5, 5.41) is 0. The van der Waals surface area contributed by atoms with E-state index in [4.69, 9.17) is 0 Å². The van der Waals surface area contributed by atoms with Crippen LogP contribution in [-0.2, 0) is 0 Å². The second-order valence-corrected chi connectivity index (χ2v) is 11.6. The summed E-state index contributed by atoms with van der Waals surface area (Å²) in [5.41, 5.74) is 6.87. The van der Waals surface area contributed by atoms with E-state index in [1.807, 2.05) is 18.6 Å². The topological polar surface area (TPSA) is 0 Å². The zero-order valence-corrected chi connectivity index (χ0v) is 24.0. The van der Waals surface area contributed by atoms with Gasteiger partial charge in [0.1, 0.15) is 0 Å². The van der Waals surface area contributed by atoms with Gasteiger partial charge in [0.05, 0.1) is 0 Å². The van der Waals surface area contributed by atoms with Gasteiger partial charge in [-0.2, -0.15) is 0 Å². The third-order valence-corrected chi connectivity index (χ3v) is 9.27. The van der Waals surface area contributed by atoms with Crippen molar-refractivity contribution in [3.63, 3.8) is 0 Å². The van der Waals surface area contributed by atoms with Gasteiger partial charge in [-0.1, -0.05) is 113 Å². The van der Waals surface area contributed by atoms with Crippen LogP contribution >= 0.6 is 0 Å². The lowest BCUT2D eigenvalue weighted by molar-refractivity contribution is 0.108. The Morgan fingerprint density at radius 1 is 1.06 bits per heavy atom. The molecule has 0 saturated heterocycles. The average molecular weight is 477 g/mol. The molecule has 4 aliphatic rings. The summed E-state index contributed by atoms with van der Waals surface area (Å²) >= 11 is 0. The highest BCUT2D eigenvalue weighted by atomic mass is 14.6. The van der Waals surface area contributed by atoms with E-state index in [1.165, 1.54) is 75.4 Å². The molecule has 0 heteroatoms. The summed E-state index contributed by atoms with van der Waals surface area (Å²) in [6.45, 7) is 23.6. The Balaban J connectivity index is 0.000000302. The molecule has 0 heterocycles. The Bertz CT molecular complexity index is 785. The number of unbranched alkanes of at least 4 members (excludes halogenated alkanes) is 3. The fourth-order valence-corrected chi connectivity index (χ4v) is 7.26. The van der Waals surface area contributed by atoms with Crippen LogP contribution in [0, 0.1) is 29.1 Å². The molecule has 0 bridgehead atoms. The van der Waals surface area contributed by atoms with E-state index in [-0.39, 0.29) is 0 Å². The summed E-state index contributed by atoms with van der Waals surface area (Å²) < 4.78 is 0. The molecule has 0 spiro atoms. The molecule has 0 aliphatic heterocycles. The van der Waals surface area contributed by atoms with Crippen LogP contribution in [0.25, 0.3) is 0 Å². The SMILES string of the molecule is C=C1C=C2CCC3C(=CCC4(C)C(C(=C)CC)CCC34)C2CC1.C=CCC/C=C/C.CCCCC. The molecule has 4 rings (SSSR count). The van der Waals surface area contributed by atoms with Crippen molar-refractivity contribution in [3.8, 4) is 0 Å². The number of hydrogen-bond acceptors (Lipinski definition) is 0. The number of rotatable bonds is 7. The summed E-state index contributed by atoms with van der Waals surface area (Å²) in [4.78, 5) is 0. The van der Waals surface area contributed by atoms with Gasteiger partial charge in [-0.15, -0.1) is 6.58 Å². The van der Waals surface area contributed by atoms with Gasteiger partial charge in [-0.25, -0.2) is 0 Å². The van der Waals surface area contributed by atoms with E-state index in [0.29, 0.717) is 5.41 Å². The Hall–Kier alpha value is -1.56. The van der Waals surface area contributed by atoms with E-state index in [9.17, 15) is 0 Å². The number of allylic oxidation sites excluding steroid dienone is 9. The van der Waals surface area contributed by atoms with E-state index < -0.39 is 0 Å². The van der Waals surface area contributed by atoms with Crippen molar-refractivity contribution in [3.05, 3.63) is 72.4 Å². The molecule has 0 nitrogen and oxygen atoms in total. The molecule has 0 aromatic carbocycles. The molecule has 0 radical (unpaired) electrons. The molecule has 0 N–H and O–H groups in total. The van der Waals surface area contributed by atoms with Gasteiger partial charge in [-0.3, -0.25) is 0 Å². The summed E-state index contributed by atoms with van der Waals surface area (Å²) in [5.74, 6) is 3.29. The number of hydrogen-bond donors (Lipinski definition) is 0. The predicted octanol–water partition coefficient (Wildman–Crippen LogP) is 11.3. The lowest BCUT2D eigenvalue weighted by Crippen LogP contribution is -2.40. The van der Waals surface area contributed by atoms with Gasteiger partial charge in [0.2, 0.25) is 0 Å². The van der Waals surface area contributed by atoms with Crippen molar-refractivity contribution in [2.24, 2.45) is 29.1 Å². The van der Waals surface area contributed by atoms with Crippen LogP contribution < -0.4 is 0 Å². The van der Waals surface area contributed by atoms with Crippen molar-refractivity contribution in [1.29, 1.82) is 0 Å². The lowest BCUT2D eigenvalue weighted by atomic mass is 9.55. The smallest absolute Gasteiger partial charge is 0.00162 e. The maximum absolute atomic E-state index is 4.43. The van der Waals surface area contributed by atoms with Gasteiger partial charge in [0, 0.05) is 5.92 Å². The fraction of sp³-hybridized carbons (Fsp3) is 0.657. The van der Waals surface area contributed by atoms with Gasteiger partial charge in [-0.05, 0) is 94.3 Å². The van der Waals surface area contributed by atoms with Crippen LogP contribution in [0.1, 0.15) is 118 Å². The minimum atomic E-state index is 0.487. The number of fused-ring (bicyclic) bond motifs is 5. The van der Waals surface area contributed by atoms with Crippen molar-refractivity contribution < 1.29 is 0 Å². The lowest BCUT2D eigenvalue weighted by Gasteiger charge is -2.50. The Morgan fingerprint density at radius 3 is 2.40 bits per heavy atom. The molecule has 5 unspecified atom stereocenters. The second kappa shape index (κ2) is 14.9.